The summed E-state index contributed by atoms with van der Waals surface area (Å²) in [6.45, 7) is 1.43. The van der Waals surface area contributed by atoms with Gasteiger partial charge in [0.15, 0.2) is 5.79 Å². The van der Waals surface area contributed by atoms with Gasteiger partial charge in [0, 0.05) is 30.4 Å². The SMILES string of the molecule is CN(c1ccc(Br)cc1C#N)C1CCC2(CC1)OCCO2. The Balaban J connectivity index is 1.72. The summed E-state index contributed by atoms with van der Waals surface area (Å²) in [4.78, 5) is 2.23. The maximum atomic E-state index is 9.32. The van der Waals surface area contributed by atoms with Crippen molar-refractivity contribution in [3.05, 3.63) is 28.2 Å². The largest absolute Gasteiger partial charge is 0.371 e. The van der Waals surface area contributed by atoms with Crippen molar-refractivity contribution in [2.75, 3.05) is 25.2 Å². The number of hydrogen-bond donors (Lipinski definition) is 0. The molecule has 3 rings (SSSR count). The monoisotopic (exact) mass is 350 g/mol. The van der Waals surface area contributed by atoms with E-state index in [1.807, 2.05) is 18.2 Å². The van der Waals surface area contributed by atoms with Gasteiger partial charge in [-0.25, -0.2) is 0 Å². The van der Waals surface area contributed by atoms with Gasteiger partial charge in [0.25, 0.3) is 0 Å². The Kier molecular flexibility index (Phi) is 4.21. The molecule has 1 aromatic carbocycles. The summed E-state index contributed by atoms with van der Waals surface area (Å²) in [7, 11) is 2.07. The average molecular weight is 351 g/mol. The highest BCUT2D eigenvalue weighted by Crippen LogP contribution is 2.38. The molecular weight excluding hydrogens is 332 g/mol. The molecule has 1 aliphatic heterocycles. The van der Waals surface area contributed by atoms with Gasteiger partial charge in [-0.2, -0.15) is 5.26 Å². The number of hydrogen-bond acceptors (Lipinski definition) is 4. The molecule has 21 heavy (non-hydrogen) atoms. The molecule has 0 amide bonds. The summed E-state index contributed by atoms with van der Waals surface area (Å²) in [6, 6.07) is 8.58. The lowest BCUT2D eigenvalue weighted by molar-refractivity contribution is -0.178. The fraction of sp³-hybridized carbons (Fsp3) is 0.562. The fourth-order valence-corrected chi connectivity index (χ4v) is 3.68. The molecule has 2 aliphatic rings. The molecule has 0 atom stereocenters. The van der Waals surface area contributed by atoms with Crippen LogP contribution in [0.3, 0.4) is 0 Å². The van der Waals surface area contributed by atoms with E-state index >= 15 is 0 Å². The Hall–Kier alpha value is -1.09. The third-order valence-electron chi connectivity index (χ3n) is 4.54. The summed E-state index contributed by atoms with van der Waals surface area (Å²) >= 11 is 3.42. The number of rotatable bonds is 2. The van der Waals surface area contributed by atoms with E-state index in [0.717, 1.165) is 35.8 Å². The first-order valence-electron chi connectivity index (χ1n) is 7.34. The Labute approximate surface area is 133 Å². The molecule has 1 aromatic rings. The van der Waals surface area contributed by atoms with Crippen molar-refractivity contribution >= 4 is 21.6 Å². The second-order valence-corrected chi connectivity index (χ2v) is 6.64. The van der Waals surface area contributed by atoms with Crippen LogP contribution >= 0.6 is 15.9 Å². The van der Waals surface area contributed by atoms with Gasteiger partial charge in [0.2, 0.25) is 0 Å². The highest BCUT2D eigenvalue weighted by molar-refractivity contribution is 9.10. The number of nitrogens with zero attached hydrogens (tertiary/aromatic N) is 2. The molecular formula is C16H19BrN2O2. The second kappa shape index (κ2) is 5.96. The van der Waals surface area contributed by atoms with Gasteiger partial charge in [-0.15, -0.1) is 0 Å². The summed E-state index contributed by atoms with van der Waals surface area (Å²) in [5.74, 6) is -0.324. The van der Waals surface area contributed by atoms with E-state index in [4.69, 9.17) is 9.47 Å². The molecule has 1 aliphatic carbocycles. The Morgan fingerprint density at radius 3 is 2.57 bits per heavy atom. The predicted molar refractivity (Wildman–Crippen MR) is 84.2 cm³/mol. The third-order valence-corrected chi connectivity index (χ3v) is 5.03. The molecule has 1 heterocycles. The minimum atomic E-state index is -0.324. The van der Waals surface area contributed by atoms with Crippen molar-refractivity contribution in [3.63, 3.8) is 0 Å². The Morgan fingerprint density at radius 2 is 1.95 bits per heavy atom. The van der Waals surface area contributed by atoms with Crippen molar-refractivity contribution in [1.82, 2.24) is 0 Å². The molecule has 5 heteroatoms. The van der Waals surface area contributed by atoms with Gasteiger partial charge in [-0.1, -0.05) is 15.9 Å². The zero-order valence-corrected chi connectivity index (χ0v) is 13.7. The van der Waals surface area contributed by atoms with E-state index in [-0.39, 0.29) is 5.79 Å². The van der Waals surface area contributed by atoms with Crippen LogP contribution in [0, 0.1) is 11.3 Å². The molecule has 0 unspecified atom stereocenters. The Bertz CT molecular complexity index is 554. The zero-order chi connectivity index (χ0) is 14.9. The van der Waals surface area contributed by atoms with Gasteiger partial charge in [-0.05, 0) is 31.0 Å². The van der Waals surface area contributed by atoms with Gasteiger partial charge in [0.05, 0.1) is 24.5 Å². The number of nitriles is 1. The topological polar surface area (TPSA) is 45.5 Å². The zero-order valence-electron chi connectivity index (χ0n) is 12.1. The van der Waals surface area contributed by atoms with Crippen molar-refractivity contribution in [2.45, 2.75) is 37.5 Å². The highest BCUT2D eigenvalue weighted by atomic mass is 79.9. The van der Waals surface area contributed by atoms with Crippen molar-refractivity contribution in [1.29, 1.82) is 5.26 Å². The lowest BCUT2D eigenvalue weighted by Crippen LogP contribution is -2.43. The van der Waals surface area contributed by atoms with Crippen molar-refractivity contribution in [2.24, 2.45) is 0 Å². The fourth-order valence-electron chi connectivity index (χ4n) is 3.32. The van der Waals surface area contributed by atoms with Crippen LogP contribution in [0.25, 0.3) is 0 Å². The second-order valence-electron chi connectivity index (χ2n) is 5.72. The van der Waals surface area contributed by atoms with E-state index in [2.05, 4.69) is 33.9 Å². The number of benzene rings is 1. The minimum absolute atomic E-state index is 0.324. The van der Waals surface area contributed by atoms with Crippen LogP contribution in [0.15, 0.2) is 22.7 Å². The maximum absolute atomic E-state index is 9.32. The molecule has 0 bridgehead atoms. The van der Waals surface area contributed by atoms with Crippen LogP contribution in [0.1, 0.15) is 31.2 Å². The summed E-state index contributed by atoms with van der Waals surface area (Å²) in [6.07, 6.45) is 3.91. The molecule has 1 saturated carbocycles. The van der Waals surface area contributed by atoms with Crippen LogP contribution in [0.2, 0.25) is 0 Å². The standard InChI is InChI=1S/C16H19BrN2O2/c1-19(15-3-2-13(17)10-12(15)11-18)14-4-6-16(7-5-14)20-8-9-21-16/h2-3,10,14H,4-9H2,1H3. The van der Waals surface area contributed by atoms with Gasteiger partial charge in [0.1, 0.15) is 6.07 Å². The maximum Gasteiger partial charge on any atom is 0.168 e. The molecule has 0 radical (unpaired) electrons. The van der Waals surface area contributed by atoms with Gasteiger partial charge in [-0.3, -0.25) is 0 Å². The van der Waals surface area contributed by atoms with Gasteiger partial charge >= 0.3 is 0 Å². The first kappa shape index (κ1) is 14.8. The molecule has 0 aromatic heterocycles. The Morgan fingerprint density at radius 1 is 1.29 bits per heavy atom. The summed E-state index contributed by atoms with van der Waals surface area (Å²) in [5, 5.41) is 9.32. The number of anilines is 1. The molecule has 1 saturated heterocycles. The average Bonchev–Trinajstić information content (AvgIpc) is 2.95. The van der Waals surface area contributed by atoms with Crippen molar-refractivity contribution < 1.29 is 9.47 Å². The quantitative estimate of drug-likeness (QED) is 0.819. The predicted octanol–water partition coefficient (Wildman–Crippen LogP) is 3.44. The van der Waals surface area contributed by atoms with E-state index in [1.54, 1.807) is 0 Å². The summed E-state index contributed by atoms with van der Waals surface area (Å²) in [5.41, 5.74) is 1.70. The summed E-state index contributed by atoms with van der Waals surface area (Å²) < 4.78 is 12.5. The van der Waals surface area contributed by atoms with Crippen LogP contribution in [0.4, 0.5) is 5.69 Å². The molecule has 112 valence electrons. The number of ether oxygens (including phenoxy) is 2. The number of halogens is 1. The van der Waals surface area contributed by atoms with Crippen LogP contribution in [-0.4, -0.2) is 32.1 Å². The molecule has 4 nitrogen and oxygen atoms in total. The third kappa shape index (κ3) is 2.94. The lowest BCUT2D eigenvalue weighted by atomic mass is 9.89. The van der Waals surface area contributed by atoms with Crippen LogP contribution in [-0.2, 0) is 9.47 Å². The molecule has 1 spiro atoms. The molecule has 2 fully saturated rings. The van der Waals surface area contributed by atoms with E-state index in [9.17, 15) is 5.26 Å². The molecule has 0 N–H and O–H groups in total. The van der Waals surface area contributed by atoms with Crippen LogP contribution < -0.4 is 4.90 Å². The lowest BCUT2D eigenvalue weighted by Gasteiger charge is -2.40. The normalized spacial score (nSPS) is 21.4. The first-order valence-corrected chi connectivity index (χ1v) is 8.13. The minimum Gasteiger partial charge on any atom is -0.371 e. The van der Waals surface area contributed by atoms with E-state index < -0.39 is 0 Å². The highest BCUT2D eigenvalue weighted by Gasteiger charge is 2.41. The van der Waals surface area contributed by atoms with E-state index in [0.29, 0.717) is 24.8 Å². The van der Waals surface area contributed by atoms with Gasteiger partial charge < -0.3 is 14.4 Å². The smallest absolute Gasteiger partial charge is 0.168 e. The van der Waals surface area contributed by atoms with Crippen molar-refractivity contribution in [3.8, 4) is 6.07 Å². The van der Waals surface area contributed by atoms with E-state index in [1.165, 1.54) is 0 Å². The van der Waals surface area contributed by atoms with Crippen LogP contribution in [0.5, 0.6) is 0 Å². The first-order chi connectivity index (χ1) is 10.1.